The number of fused-ring (bicyclic) bond motifs is 3. The van der Waals surface area contributed by atoms with Gasteiger partial charge in [0.05, 0.1) is 12.1 Å². The molecule has 1 aromatic heterocycles. The van der Waals surface area contributed by atoms with Crippen LogP contribution in [0.25, 0.3) is 16.5 Å². The number of carbonyl (C=O) groups excluding carboxylic acids is 2. The lowest BCUT2D eigenvalue weighted by Crippen LogP contribution is -2.21. The second-order valence-corrected chi connectivity index (χ2v) is 7.08. The zero-order valence-corrected chi connectivity index (χ0v) is 16.1. The minimum Gasteiger partial charge on any atom is -0.449 e. The Morgan fingerprint density at radius 2 is 1.82 bits per heavy atom. The van der Waals surface area contributed by atoms with Crippen LogP contribution in [0.3, 0.4) is 0 Å². The summed E-state index contributed by atoms with van der Waals surface area (Å²) in [7, 11) is 0. The van der Waals surface area contributed by atoms with E-state index in [1.54, 1.807) is 4.57 Å². The maximum absolute atomic E-state index is 12.8. The minimum atomic E-state index is -0.367. The molecule has 0 amide bonds. The molecule has 0 N–H and O–H groups in total. The van der Waals surface area contributed by atoms with E-state index in [1.807, 2.05) is 49.4 Å². The topological polar surface area (TPSA) is 48.3 Å². The summed E-state index contributed by atoms with van der Waals surface area (Å²) in [6.07, 6.45) is 3.16. The number of aromatic nitrogens is 1. The molecule has 4 rings (SSSR count). The number of benzene rings is 2. The van der Waals surface area contributed by atoms with Crippen molar-refractivity contribution in [3.8, 4) is 0 Å². The van der Waals surface area contributed by atoms with Gasteiger partial charge >= 0.3 is 6.09 Å². The van der Waals surface area contributed by atoms with Crippen molar-refractivity contribution in [1.29, 1.82) is 0 Å². The molecule has 1 aliphatic carbocycles. The summed E-state index contributed by atoms with van der Waals surface area (Å²) in [5, 5.41) is 1.01. The van der Waals surface area contributed by atoms with Gasteiger partial charge in [0.1, 0.15) is 6.29 Å². The summed E-state index contributed by atoms with van der Waals surface area (Å²) in [4.78, 5) is 24.4. The highest BCUT2D eigenvalue weighted by Gasteiger charge is 2.34. The van der Waals surface area contributed by atoms with E-state index in [-0.39, 0.29) is 17.9 Å². The average molecular weight is 373 g/mol. The van der Waals surface area contributed by atoms with Gasteiger partial charge in [0, 0.05) is 29.3 Å². The fourth-order valence-electron chi connectivity index (χ4n) is 4.37. The molecular formula is C24H23NO3. The molecule has 0 spiro atoms. The van der Waals surface area contributed by atoms with Crippen molar-refractivity contribution < 1.29 is 14.3 Å². The first-order valence-corrected chi connectivity index (χ1v) is 9.68. The summed E-state index contributed by atoms with van der Waals surface area (Å²) >= 11 is 0. The molecule has 0 radical (unpaired) electrons. The van der Waals surface area contributed by atoms with Crippen LogP contribution in [-0.2, 0) is 9.53 Å². The zero-order valence-electron chi connectivity index (χ0n) is 16.1. The Bertz CT molecular complexity index is 1060. The van der Waals surface area contributed by atoms with Crippen molar-refractivity contribution in [2.45, 2.75) is 32.1 Å². The van der Waals surface area contributed by atoms with Crippen LogP contribution in [0.1, 0.15) is 48.9 Å². The highest BCUT2D eigenvalue weighted by molar-refractivity contribution is 5.97. The third-order valence-electron chi connectivity index (χ3n) is 5.43. The Kier molecular flexibility index (Phi) is 4.86. The molecule has 2 aromatic carbocycles. The van der Waals surface area contributed by atoms with Crippen LogP contribution in [0.15, 0.2) is 60.7 Å². The van der Waals surface area contributed by atoms with Gasteiger partial charge in [-0.2, -0.15) is 0 Å². The number of ether oxygens (including phenoxy) is 1. The lowest BCUT2D eigenvalue weighted by molar-refractivity contribution is -0.107. The molecule has 0 saturated carbocycles. The third kappa shape index (κ3) is 2.85. The lowest BCUT2D eigenvalue weighted by Gasteiger charge is -2.28. The van der Waals surface area contributed by atoms with Crippen molar-refractivity contribution in [1.82, 2.24) is 4.57 Å². The highest BCUT2D eigenvalue weighted by Crippen LogP contribution is 2.48. The molecule has 0 aliphatic heterocycles. The molecule has 2 atom stereocenters. The number of allylic oxidation sites excluding steroid dienone is 2. The van der Waals surface area contributed by atoms with Crippen LogP contribution < -0.4 is 0 Å². The van der Waals surface area contributed by atoms with Crippen molar-refractivity contribution >= 4 is 28.9 Å². The molecule has 4 nitrogen and oxygen atoms in total. The van der Waals surface area contributed by atoms with E-state index in [4.69, 9.17) is 4.74 Å². The fraction of sp³-hybridized carbons (Fsp3) is 0.250. The van der Waals surface area contributed by atoms with Gasteiger partial charge in [-0.15, -0.1) is 0 Å². The number of nitrogens with zero attached hydrogens (tertiary/aromatic N) is 1. The zero-order chi connectivity index (χ0) is 19.7. The van der Waals surface area contributed by atoms with Gasteiger partial charge in [0.15, 0.2) is 0 Å². The van der Waals surface area contributed by atoms with Crippen molar-refractivity contribution in [3.05, 3.63) is 77.5 Å². The maximum Gasteiger partial charge on any atom is 0.418 e. The van der Waals surface area contributed by atoms with E-state index < -0.39 is 0 Å². The van der Waals surface area contributed by atoms with Crippen molar-refractivity contribution in [2.24, 2.45) is 0 Å². The van der Waals surface area contributed by atoms with E-state index in [0.29, 0.717) is 13.0 Å². The first-order chi connectivity index (χ1) is 13.7. The van der Waals surface area contributed by atoms with E-state index in [2.05, 4.69) is 25.1 Å². The molecule has 0 bridgehead atoms. The summed E-state index contributed by atoms with van der Waals surface area (Å²) in [5.41, 5.74) is 5.06. The van der Waals surface area contributed by atoms with Crippen molar-refractivity contribution in [3.63, 3.8) is 0 Å². The molecule has 0 saturated heterocycles. The molecule has 142 valence electrons. The number of rotatable bonds is 4. The smallest absolute Gasteiger partial charge is 0.418 e. The van der Waals surface area contributed by atoms with Crippen LogP contribution in [0.4, 0.5) is 4.79 Å². The van der Waals surface area contributed by atoms with Gasteiger partial charge in [-0.3, -0.25) is 0 Å². The van der Waals surface area contributed by atoms with Gasteiger partial charge in [-0.25, -0.2) is 9.36 Å². The largest absolute Gasteiger partial charge is 0.449 e. The van der Waals surface area contributed by atoms with E-state index in [9.17, 15) is 9.59 Å². The third-order valence-corrected chi connectivity index (χ3v) is 5.43. The highest BCUT2D eigenvalue weighted by atomic mass is 16.5. The summed E-state index contributed by atoms with van der Waals surface area (Å²) in [6, 6.07) is 18.0. The molecule has 4 heteroatoms. The van der Waals surface area contributed by atoms with Crippen molar-refractivity contribution in [2.75, 3.05) is 6.61 Å². The Labute approximate surface area is 164 Å². The van der Waals surface area contributed by atoms with E-state index in [0.717, 1.165) is 39.6 Å². The second-order valence-electron chi connectivity index (χ2n) is 7.08. The predicted molar refractivity (Wildman–Crippen MR) is 111 cm³/mol. The molecule has 0 fully saturated rings. The minimum absolute atomic E-state index is 0.0184. The number of para-hydroxylation sites is 1. The Hall–Kier alpha value is -3.14. The van der Waals surface area contributed by atoms with Gasteiger partial charge in [-0.05, 0) is 29.7 Å². The Morgan fingerprint density at radius 1 is 1.11 bits per heavy atom. The molecule has 28 heavy (non-hydrogen) atoms. The molecule has 1 aliphatic rings. The molecular weight excluding hydrogens is 350 g/mol. The van der Waals surface area contributed by atoms with Crippen LogP contribution in [0.5, 0.6) is 0 Å². The molecule has 3 aromatic rings. The standard InChI is InChI=1S/C24H23NO3/c1-3-28-24(27)25-21-12-8-7-11-19(21)22-18(13-14-26)20(15-16(2)23(22)25)17-9-5-4-6-10-17/h4-12,14-16,18H,3,13H2,1-2H3/t16-,18+/m0/s1. The quantitative estimate of drug-likeness (QED) is 0.566. The van der Waals surface area contributed by atoms with Gasteiger partial charge < -0.3 is 9.53 Å². The predicted octanol–water partition coefficient (Wildman–Crippen LogP) is 5.52. The number of hydrogen-bond donors (Lipinski definition) is 0. The van der Waals surface area contributed by atoms with Gasteiger partial charge in [-0.1, -0.05) is 61.5 Å². The maximum atomic E-state index is 12.8. The normalized spacial score (nSPS) is 18.4. The average Bonchev–Trinajstić information content (AvgIpc) is 3.07. The van der Waals surface area contributed by atoms with Crippen LogP contribution in [0.2, 0.25) is 0 Å². The van der Waals surface area contributed by atoms with Crippen LogP contribution in [-0.4, -0.2) is 23.6 Å². The first-order valence-electron chi connectivity index (χ1n) is 9.68. The molecule has 1 heterocycles. The first kappa shape index (κ1) is 18.2. The summed E-state index contributed by atoms with van der Waals surface area (Å²) in [6.45, 7) is 4.22. The van der Waals surface area contributed by atoms with E-state index >= 15 is 0 Å². The number of carbonyl (C=O) groups is 2. The van der Waals surface area contributed by atoms with Crippen LogP contribution in [0, 0.1) is 0 Å². The second kappa shape index (κ2) is 7.47. The van der Waals surface area contributed by atoms with Crippen LogP contribution >= 0.6 is 0 Å². The van der Waals surface area contributed by atoms with E-state index in [1.165, 1.54) is 0 Å². The summed E-state index contributed by atoms with van der Waals surface area (Å²) < 4.78 is 7.04. The van der Waals surface area contributed by atoms with Gasteiger partial charge in [0.25, 0.3) is 0 Å². The Morgan fingerprint density at radius 3 is 2.54 bits per heavy atom. The van der Waals surface area contributed by atoms with Gasteiger partial charge in [0.2, 0.25) is 0 Å². The lowest BCUT2D eigenvalue weighted by atomic mass is 9.76. The summed E-state index contributed by atoms with van der Waals surface area (Å²) in [5.74, 6) is -0.0726. The SMILES string of the molecule is CCOC(=O)n1c2c(c3ccccc31)[C@H](CC=O)C(c1ccccc1)=C[C@@H]2C. The Balaban J connectivity index is 2.00. The molecule has 0 unspecified atom stereocenters. The monoisotopic (exact) mass is 373 g/mol. The fourth-order valence-corrected chi connectivity index (χ4v) is 4.37. The number of aldehydes is 1. The number of hydrogen-bond acceptors (Lipinski definition) is 3.